The number of hydrogen-bond acceptors (Lipinski definition) is 5. The summed E-state index contributed by atoms with van der Waals surface area (Å²) in [6.07, 6.45) is 0. The molecule has 1 aromatic carbocycles. The summed E-state index contributed by atoms with van der Waals surface area (Å²) >= 11 is 7.72. The standard InChI is InChI=1S/C8H6O2S3/c9-7(8(10)13-12)5-3-1-2-4-6(5)11/h1-4,11-12H. The van der Waals surface area contributed by atoms with Crippen LogP contribution in [0.3, 0.4) is 0 Å². The van der Waals surface area contributed by atoms with Crippen LogP contribution in [-0.4, -0.2) is 10.9 Å². The fraction of sp³-hybridized carbons (Fsp3) is 0. The van der Waals surface area contributed by atoms with Gasteiger partial charge in [0.1, 0.15) is 0 Å². The van der Waals surface area contributed by atoms with Crippen molar-refractivity contribution in [3.63, 3.8) is 0 Å². The normalized spacial score (nSPS) is 9.69. The minimum absolute atomic E-state index is 0.317. The van der Waals surface area contributed by atoms with Gasteiger partial charge in [0.25, 0.3) is 5.12 Å². The summed E-state index contributed by atoms with van der Waals surface area (Å²) in [7, 11) is 0.608. The topological polar surface area (TPSA) is 34.1 Å². The maximum Gasteiger partial charge on any atom is 0.270 e. The quantitative estimate of drug-likeness (QED) is 0.354. The molecule has 1 rings (SSSR count). The van der Waals surface area contributed by atoms with Crippen LogP contribution in [0.4, 0.5) is 0 Å². The van der Waals surface area contributed by atoms with Gasteiger partial charge in [-0.3, -0.25) is 9.59 Å². The van der Waals surface area contributed by atoms with E-state index in [-0.39, 0.29) is 0 Å². The summed E-state index contributed by atoms with van der Waals surface area (Å²) in [5.74, 6) is -0.564. The minimum Gasteiger partial charge on any atom is -0.284 e. The molecule has 0 radical (unpaired) electrons. The van der Waals surface area contributed by atoms with E-state index < -0.39 is 10.9 Å². The second kappa shape index (κ2) is 4.74. The molecule has 0 aromatic heterocycles. The molecule has 0 atom stereocenters. The van der Waals surface area contributed by atoms with E-state index in [2.05, 4.69) is 24.3 Å². The summed E-state index contributed by atoms with van der Waals surface area (Å²) in [5.41, 5.74) is 0.317. The Hall–Kier alpha value is -0.390. The van der Waals surface area contributed by atoms with Crippen LogP contribution < -0.4 is 0 Å². The van der Waals surface area contributed by atoms with Crippen LogP contribution in [0.5, 0.6) is 0 Å². The fourth-order valence-corrected chi connectivity index (χ4v) is 1.52. The number of hydrogen-bond donors (Lipinski definition) is 2. The van der Waals surface area contributed by atoms with Crippen molar-refractivity contribution >= 4 is 46.0 Å². The smallest absolute Gasteiger partial charge is 0.270 e. The molecule has 0 aliphatic carbocycles. The van der Waals surface area contributed by atoms with Crippen LogP contribution in [0.1, 0.15) is 10.4 Å². The van der Waals surface area contributed by atoms with Gasteiger partial charge in [-0.1, -0.05) is 12.1 Å². The molecule has 0 heterocycles. The van der Waals surface area contributed by atoms with Crippen LogP contribution in [0.15, 0.2) is 29.2 Å². The SMILES string of the molecule is O=C(SS)C(=O)c1ccccc1S. The molecule has 0 spiro atoms. The molecule has 0 saturated heterocycles. The third-order valence-electron chi connectivity index (χ3n) is 1.42. The van der Waals surface area contributed by atoms with E-state index in [4.69, 9.17) is 0 Å². The molecule has 0 amide bonds. The van der Waals surface area contributed by atoms with Crippen LogP contribution in [-0.2, 0) is 4.79 Å². The summed E-state index contributed by atoms with van der Waals surface area (Å²) in [5, 5.41) is -0.593. The average molecular weight is 230 g/mol. The molecule has 2 nitrogen and oxygen atoms in total. The lowest BCUT2D eigenvalue weighted by molar-refractivity contribution is -0.107. The Kier molecular flexibility index (Phi) is 3.90. The number of rotatable bonds is 2. The van der Waals surface area contributed by atoms with Crippen LogP contribution in [0.25, 0.3) is 0 Å². The first-order valence-electron chi connectivity index (χ1n) is 3.35. The van der Waals surface area contributed by atoms with E-state index in [1.807, 2.05) is 0 Å². The first-order chi connectivity index (χ1) is 6.16. The number of thiol groups is 2. The Bertz CT molecular complexity index is 349. The van der Waals surface area contributed by atoms with E-state index in [1.165, 1.54) is 0 Å². The second-order valence-corrected chi connectivity index (χ2v) is 3.81. The van der Waals surface area contributed by atoms with Crippen LogP contribution >= 0.6 is 35.1 Å². The van der Waals surface area contributed by atoms with E-state index in [0.717, 1.165) is 0 Å². The van der Waals surface area contributed by atoms with Gasteiger partial charge in [0.2, 0.25) is 5.78 Å². The molecule has 0 saturated carbocycles. The minimum atomic E-state index is -0.593. The highest BCUT2D eigenvalue weighted by Crippen LogP contribution is 2.17. The Morgan fingerprint density at radius 1 is 1.23 bits per heavy atom. The zero-order valence-electron chi connectivity index (χ0n) is 6.43. The van der Waals surface area contributed by atoms with Crippen molar-refractivity contribution in [2.45, 2.75) is 4.90 Å². The Morgan fingerprint density at radius 3 is 2.38 bits per heavy atom. The van der Waals surface area contributed by atoms with Crippen molar-refractivity contribution < 1.29 is 9.59 Å². The first-order valence-corrected chi connectivity index (χ1v) is 5.66. The van der Waals surface area contributed by atoms with Gasteiger partial charge in [-0.15, -0.1) is 24.3 Å². The van der Waals surface area contributed by atoms with Crippen molar-refractivity contribution in [1.82, 2.24) is 0 Å². The lowest BCUT2D eigenvalue weighted by atomic mass is 10.1. The number of ketones is 1. The molecule has 0 N–H and O–H groups in total. The van der Waals surface area contributed by atoms with Crippen molar-refractivity contribution in [2.24, 2.45) is 0 Å². The average Bonchev–Trinajstić information content (AvgIpc) is 2.16. The van der Waals surface area contributed by atoms with Gasteiger partial charge >= 0.3 is 0 Å². The Morgan fingerprint density at radius 2 is 1.85 bits per heavy atom. The second-order valence-electron chi connectivity index (χ2n) is 2.23. The Labute approximate surface area is 90.3 Å². The summed E-state index contributed by atoms with van der Waals surface area (Å²) in [6, 6.07) is 6.65. The highest BCUT2D eigenvalue weighted by molar-refractivity contribution is 8.75. The number of carbonyl (C=O) groups is 2. The van der Waals surface area contributed by atoms with E-state index >= 15 is 0 Å². The number of Topliss-reactive ketones (excluding diaryl/α,β-unsaturated/α-hetero) is 1. The molecule has 0 fully saturated rings. The number of carbonyl (C=O) groups excluding carboxylic acids is 2. The number of benzene rings is 1. The van der Waals surface area contributed by atoms with Crippen molar-refractivity contribution in [2.75, 3.05) is 0 Å². The molecule has 0 aliphatic heterocycles. The predicted octanol–water partition coefficient (Wildman–Crippen LogP) is 2.26. The molecule has 1 aromatic rings. The zero-order valence-corrected chi connectivity index (χ0v) is 9.03. The summed E-state index contributed by atoms with van der Waals surface area (Å²) in [6.45, 7) is 0. The predicted molar refractivity (Wildman–Crippen MR) is 59.6 cm³/mol. The van der Waals surface area contributed by atoms with Gasteiger partial charge < -0.3 is 0 Å². The van der Waals surface area contributed by atoms with Gasteiger partial charge in [0, 0.05) is 10.5 Å². The monoisotopic (exact) mass is 230 g/mol. The lowest BCUT2D eigenvalue weighted by Gasteiger charge is -1.99. The molecular weight excluding hydrogens is 224 g/mol. The highest BCUT2D eigenvalue weighted by atomic mass is 33.1. The maximum absolute atomic E-state index is 11.3. The van der Waals surface area contributed by atoms with Gasteiger partial charge in [0.05, 0.1) is 0 Å². The Balaban J connectivity index is 3.02. The highest BCUT2D eigenvalue weighted by Gasteiger charge is 2.17. The molecular formula is C8H6O2S3. The molecule has 0 aliphatic rings. The third-order valence-corrected chi connectivity index (χ3v) is 2.66. The van der Waals surface area contributed by atoms with Crippen molar-refractivity contribution in [1.29, 1.82) is 0 Å². The molecule has 5 heteroatoms. The third kappa shape index (κ3) is 2.52. The van der Waals surface area contributed by atoms with Crippen LogP contribution in [0, 0.1) is 0 Å². The summed E-state index contributed by atoms with van der Waals surface area (Å²) < 4.78 is 0. The maximum atomic E-state index is 11.3. The van der Waals surface area contributed by atoms with Gasteiger partial charge in [-0.25, -0.2) is 0 Å². The van der Waals surface area contributed by atoms with E-state index in [0.29, 0.717) is 21.3 Å². The van der Waals surface area contributed by atoms with Crippen LogP contribution in [0.2, 0.25) is 0 Å². The largest absolute Gasteiger partial charge is 0.284 e. The van der Waals surface area contributed by atoms with E-state index in [9.17, 15) is 9.59 Å². The lowest BCUT2D eigenvalue weighted by Crippen LogP contribution is -2.09. The van der Waals surface area contributed by atoms with Crippen molar-refractivity contribution in [3.8, 4) is 0 Å². The molecule has 13 heavy (non-hydrogen) atoms. The fourth-order valence-electron chi connectivity index (χ4n) is 0.817. The first kappa shape index (κ1) is 10.7. The molecule has 0 bridgehead atoms. The van der Waals surface area contributed by atoms with Gasteiger partial charge in [0.15, 0.2) is 0 Å². The van der Waals surface area contributed by atoms with Gasteiger partial charge in [-0.05, 0) is 22.9 Å². The van der Waals surface area contributed by atoms with E-state index in [1.54, 1.807) is 24.3 Å². The van der Waals surface area contributed by atoms with Gasteiger partial charge in [-0.2, -0.15) is 0 Å². The van der Waals surface area contributed by atoms with Crippen molar-refractivity contribution in [3.05, 3.63) is 29.8 Å². The molecule has 68 valence electrons. The summed E-state index contributed by atoms with van der Waals surface area (Å²) in [4.78, 5) is 22.8. The molecule has 0 unspecified atom stereocenters. The zero-order chi connectivity index (χ0) is 9.84.